The zero-order valence-electron chi connectivity index (χ0n) is 12.5. The first-order valence-electron chi connectivity index (χ1n) is 6.72. The maximum Gasteiger partial charge on any atom is 0.439 e. The molecule has 0 radical (unpaired) electrons. The predicted octanol–water partition coefficient (Wildman–Crippen LogP) is 3.79. The second kappa shape index (κ2) is 6.98. The highest BCUT2D eigenvalue weighted by Gasteiger charge is 2.72. The Morgan fingerprint density at radius 3 is 2.12 bits per heavy atom. The standard InChI is InChI=1S/C14H9ClF6N4O/c15-9-3-4-10(23-7-9)24-12(13(16,17)18,14(19,20)21)25-11(26)8-2-1-5-22-6-8/h1-7H,(H,23,24)(H,25,26). The van der Waals surface area contributed by atoms with Gasteiger partial charge in [0.05, 0.1) is 10.6 Å². The third kappa shape index (κ3) is 3.98. The molecule has 0 unspecified atom stereocenters. The summed E-state index contributed by atoms with van der Waals surface area (Å²) in [5, 5.41) is 2.20. The first-order chi connectivity index (χ1) is 12.0. The Morgan fingerprint density at radius 2 is 1.65 bits per heavy atom. The molecule has 0 atom stereocenters. The molecule has 140 valence electrons. The van der Waals surface area contributed by atoms with Crippen LogP contribution in [0.25, 0.3) is 0 Å². The number of hydrogen-bond acceptors (Lipinski definition) is 4. The van der Waals surface area contributed by atoms with Gasteiger partial charge in [0.25, 0.3) is 5.91 Å². The van der Waals surface area contributed by atoms with E-state index in [1.165, 1.54) is 17.6 Å². The Morgan fingerprint density at radius 1 is 1.00 bits per heavy atom. The van der Waals surface area contributed by atoms with Crippen LogP contribution in [-0.2, 0) is 0 Å². The van der Waals surface area contributed by atoms with E-state index in [2.05, 4.69) is 9.97 Å². The SMILES string of the molecule is O=C(NC(Nc1ccc(Cl)cn1)(C(F)(F)F)C(F)(F)F)c1cccnc1. The number of amides is 1. The molecule has 1 amide bonds. The molecule has 0 aliphatic heterocycles. The Balaban J connectivity index is 2.49. The van der Waals surface area contributed by atoms with Crippen LogP contribution in [0, 0.1) is 0 Å². The van der Waals surface area contributed by atoms with Crippen molar-refractivity contribution in [2.45, 2.75) is 18.0 Å². The van der Waals surface area contributed by atoms with Crippen molar-refractivity contribution in [3.63, 3.8) is 0 Å². The topological polar surface area (TPSA) is 66.9 Å². The van der Waals surface area contributed by atoms with Gasteiger partial charge in [-0.05, 0) is 24.3 Å². The molecule has 0 spiro atoms. The minimum Gasteiger partial charge on any atom is -0.332 e. The number of pyridine rings is 2. The van der Waals surface area contributed by atoms with Crippen molar-refractivity contribution in [1.29, 1.82) is 0 Å². The molecule has 26 heavy (non-hydrogen) atoms. The minimum atomic E-state index is -5.95. The van der Waals surface area contributed by atoms with Crippen LogP contribution in [-0.4, -0.2) is 33.9 Å². The van der Waals surface area contributed by atoms with Crippen LogP contribution in [0.5, 0.6) is 0 Å². The first-order valence-corrected chi connectivity index (χ1v) is 7.10. The Bertz CT molecular complexity index is 750. The first kappa shape index (κ1) is 19.8. The summed E-state index contributed by atoms with van der Waals surface area (Å²) >= 11 is 5.52. The lowest BCUT2D eigenvalue weighted by molar-refractivity contribution is -0.294. The van der Waals surface area contributed by atoms with E-state index >= 15 is 0 Å². The van der Waals surface area contributed by atoms with E-state index in [-0.39, 0.29) is 5.02 Å². The number of anilines is 1. The lowest BCUT2D eigenvalue weighted by Gasteiger charge is -2.38. The molecule has 0 saturated carbocycles. The molecule has 0 aliphatic carbocycles. The third-order valence-electron chi connectivity index (χ3n) is 3.12. The van der Waals surface area contributed by atoms with Gasteiger partial charge in [-0.1, -0.05) is 11.6 Å². The Kier molecular flexibility index (Phi) is 5.31. The van der Waals surface area contributed by atoms with Crippen LogP contribution in [0.4, 0.5) is 32.2 Å². The zero-order chi connectivity index (χ0) is 19.6. The van der Waals surface area contributed by atoms with E-state index in [0.29, 0.717) is 0 Å². The smallest absolute Gasteiger partial charge is 0.332 e. The second-order valence-electron chi connectivity index (χ2n) is 4.93. The molecule has 2 aromatic rings. The molecule has 2 rings (SSSR count). The van der Waals surface area contributed by atoms with Crippen molar-refractivity contribution in [2.75, 3.05) is 5.32 Å². The number of aromatic nitrogens is 2. The zero-order valence-corrected chi connectivity index (χ0v) is 13.2. The van der Waals surface area contributed by atoms with Gasteiger partial charge in [0.2, 0.25) is 0 Å². The van der Waals surface area contributed by atoms with Gasteiger partial charge in [-0.15, -0.1) is 0 Å². The molecular formula is C14H9ClF6N4O. The van der Waals surface area contributed by atoms with E-state index in [1.807, 2.05) is 0 Å². The van der Waals surface area contributed by atoms with E-state index in [1.54, 1.807) is 0 Å². The van der Waals surface area contributed by atoms with Gasteiger partial charge in [0.15, 0.2) is 0 Å². The fraction of sp³-hybridized carbons (Fsp3) is 0.214. The Hall–Kier alpha value is -2.56. The normalized spacial score (nSPS) is 12.6. The Labute approximate surface area is 147 Å². The number of alkyl halides is 6. The summed E-state index contributed by atoms with van der Waals surface area (Å²) in [4.78, 5) is 18.8. The quantitative estimate of drug-likeness (QED) is 0.607. The van der Waals surface area contributed by atoms with Crippen molar-refractivity contribution in [2.24, 2.45) is 0 Å². The van der Waals surface area contributed by atoms with Gasteiger partial charge in [-0.25, -0.2) is 4.98 Å². The van der Waals surface area contributed by atoms with Crippen LogP contribution in [0.1, 0.15) is 10.4 Å². The summed E-state index contributed by atoms with van der Waals surface area (Å²) in [5.41, 5.74) is -5.27. The van der Waals surface area contributed by atoms with E-state index < -0.39 is 35.3 Å². The average Bonchev–Trinajstić information content (AvgIpc) is 2.54. The molecular weight excluding hydrogens is 390 g/mol. The summed E-state index contributed by atoms with van der Waals surface area (Å²) in [5.74, 6) is -2.43. The molecule has 12 heteroatoms. The van der Waals surface area contributed by atoms with E-state index in [4.69, 9.17) is 11.6 Å². The van der Waals surface area contributed by atoms with Crippen molar-refractivity contribution >= 4 is 23.3 Å². The number of nitrogens with one attached hydrogen (secondary N) is 2. The fourth-order valence-corrected chi connectivity index (χ4v) is 1.97. The van der Waals surface area contributed by atoms with Crippen LogP contribution in [0.2, 0.25) is 5.02 Å². The fourth-order valence-electron chi connectivity index (χ4n) is 1.86. The van der Waals surface area contributed by atoms with Gasteiger partial charge < -0.3 is 10.6 Å². The molecule has 0 aliphatic rings. The second-order valence-corrected chi connectivity index (χ2v) is 5.36. The van der Waals surface area contributed by atoms with Crippen LogP contribution >= 0.6 is 11.6 Å². The van der Waals surface area contributed by atoms with Gasteiger partial charge >= 0.3 is 18.0 Å². The van der Waals surface area contributed by atoms with Crippen LogP contribution in [0.3, 0.4) is 0 Å². The number of nitrogens with zero attached hydrogens (tertiary/aromatic N) is 2. The summed E-state index contributed by atoms with van der Waals surface area (Å²) in [6, 6.07) is 4.05. The number of carbonyl (C=O) groups is 1. The van der Waals surface area contributed by atoms with Crippen LogP contribution in [0.15, 0.2) is 42.9 Å². The van der Waals surface area contributed by atoms with Crippen molar-refractivity contribution in [3.05, 3.63) is 53.4 Å². The number of rotatable bonds is 4. The largest absolute Gasteiger partial charge is 0.439 e. The lowest BCUT2D eigenvalue weighted by Crippen LogP contribution is -2.72. The van der Waals surface area contributed by atoms with Crippen molar-refractivity contribution in [3.8, 4) is 0 Å². The van der Waals surface area contributed by atoms with Crippen molar-refractivity contribution < 1.29 is 31.1 Å². The maximum absolute atomic E-state index is 13.4. The molecule has 2 heterocycles. The third-order valence-corrected chi connectivity index (χ3v) is 3.34. The molecule has 0 fully saturated rings. The highest BCUT2D eigenvalue weighted by Crippen LogP contribution is 2.43. The average molecular weight is 399 g/mol. The van der Waals surface area contributed by atoms with Crippen LogP contribution < -0.4 is 10.6 Å². The predicted molar refractivity (Wildman–Crippen MR) is 79.4 cm³/mol. The number of halogens is 7. The summed E-state index contributed by atoms with van der Waals surface area (Å²) in [6.45, 7) is 0. The monoisotopic (exact) mass is 398 g/mol. The summed E-state index contributed by atoms with van der Waals surface area (Å²) < 4.78 is 80.7. The van der Waals surface area contributed by atoms with Gasteiger partial charge in [0.1, 0.15) is 5.82 Å². The molecule has 0 aromatic carbocycles. The highest BCUT2D eigenvalue weighted by molar-refractivity contribution is 6.30. The number of carbonyl (C=O) groups excluding carboxylic acids is 1. The minimum absolute atomic E-state index is 0.000405. The highest BCUT2D eigenvalue weighted by atomic mass is 35.5. The number of hydrogen-bond donors (Lipinski definition) is 2. The van der Waals surface area contributed by atoms with Gasteiger partial charge in [0, 0.05) is 18.6 Å². The summed E-state index contributed by atoms with van der Waals surface area (Å²) in [6.07, 6.45) is -9.03. The van der Waals surface area contributed by atoms with E-state index in [9.17, 15) is 31.1 Å². The molecule has 5 nitrogen and oxygen atoms in total. The van der Waals surface area contributed by atoms with E-state index in [0.717, 1.165) is 35.9 Å². The molecule has 2 N–H and O–H groups in total. The molecule has 0 bridgehead atoms. The molecule has 0 saturated heterocycles. The molecule has 2 aromatic heterocycles. The van der Waals surface area contributed by atoms with Gasteiger partial charge in [-0.2, -0.15) is 26.3 Å². The lowest BCUT2D eigenvalue weighted by atomic mass is 10.1. The van der Waals surface area contributed by atoms with Crippen molar-refractivity contribution in [1.82, 2.24) is 15.3 Å². The maximum atomic E-state index is 13.4. The summed E-state index contributed by atoms with van der Waals surface area (Å²) in [7, 11) is 0. The van der Waals surface area contributed by atoms with Gasteiger partial charge in [-0.3, -0.25) is 9.78 Å².